The van der Waals surface area contributed by atoms with E-state index in [-0.39, 0.29) is 29.1 Å². The summed E-state index contributed by atoms with van der Waals surface area (Å²) < 4.78 is 86.0. The van der Waals surface area contributed by atoms with Crippen molar-refractivity contribution in [2.45, 2.75) is 103 Å². The molecule has 6 aromatic heterocycles. The molecule has 0 spiro atoms. The number of halogens is 5. The number of H-pyrrole nitrogens is 3. The number of fused-ring (bicyclic) bond motifs is 3. The van der Waals surface area contributed by atoms with Crippen LogP contribution in [0.4, 0.5) is 39.4 Å². The van der Waals surface area contributed by atoms with Crippen LogP contribution in [0.5, 0.6) is 23.0 Å². The van der Waals surface area contributed by atoms with Gasteiger partial charge in [0.1, 0.15) is 77.0 Å². The number of aromatic nitrogens is 12. The lowest BCUT2D eigenvalue weighted by Crippen LogP contribution is -2.34. The molecule has 3 aliphatic heterocycles. The van der Waals surface area contributed by atoms with Gasteiger partial charge in [-0.2, -0.15) is 0 Å². The van der Waals surface area contributed by atoms with Crippen LogP contribution >= 0.6 is 0 Å². The lowest BCUT2D eigenvalue weighted by Gasteiger charge is -2.32. The minimum absolute atomic E-state index is 0.205. The van der Waals surface area contributed by atoms with E-state index >= 15 is 0 Å². The summed E-state index contributed by atoms with van der Waals surface area (Å²) >= 11 is 0. The normalized spacial score (nSPS) is 15.5. The van der Waals surface area contributed by atoms with Crippen molar-refractivity contribution in [3.63, 3.8) is 0 Å². The first-order valence-corrected chi connectivity index (χ1v) is 38.3. The summed E-state index contributed by atoms with van der Waals surface area (Å²) in [4.78, 5) is 59.6. The van der Waals surface area contributed by atoms with E-state index in [0.29, 0.717) is 23.1 Å². The maximum absolute atomic E-state index is 14.3. The molecule has 578 valence electrons. The number of methoxy groups -OCH3 is 3. The first-order valence-electron chi connectivity index (χ1n) is 38.3. The van der Waals surface area contributed by atoms with Crippen LogP contribution in [0.1, 0.15) is 147 Å². The van der Waals surface area contributed by atoms with Crippen LogP contribution in [0.2, 0.25) is 0 Å². The smallest absolute Gasteiger partial charge is 0.497 e. The van der Waals surface area contributed by atoms with Crippen molar-refractivity contribution in [1.29, 1.82) is 0 Å². The lowest BCUT2D eigenvalue weighted by atomic mass is 9.96. The Labute approximate surface area is 657 Å². The van der Waals surface area contributed by atoms with Gasteiger partial charge in [0.05, 0.1) is 55.5 Å². The Morgan fingerprint density at radius 2 is 0.789 bits per heavy atom. The van der Waals surface area contributed by atoms with Gasteiger partial charge in [0.25, 0.3) is 0 Å². The minimum atomic E-state index is -4.74. The number of ether oxygens (including phenoxy) is 4. The van der Waals surface area contributed by atoms with Gasteiger partial charge in [0, 0.05) is 132 Å². The van der Waals surface area contributed by atoms with Crippen molar-refractivity contribution in [2.24, 2.45) is 0 Å². The molecule has 9 heterocycles. The lowest BCUT2D eigenvalue weighted by molar-refractivity contribution is -0.274. The van der Waals surface area contributed by atoms with Gasteiger partial charge in [-0.3, -0.25) is 0 Å². The number of aromatic amines is 3. The van der Waals surface area contributed by atoms with Crippen LogP contribution in [0.3, 0.4) is 0 Å². The summed E-state index contributed by atoms with van der Waals surface area (Å²) in [5.41, 5.74) is 21.5. The number of nitrogens with zero attached hydrogens (tertiary/aromatic N) is 12. The van der Waals surface area contributed by atoms with E-state index in [9.17, 15) is 22.0 Å². The van der Waals surface area contributed by atoms with Crippen LogP contribution < -0.4 is 33.6 Å². The molecular weight excluding hydrogens is 1450 g/mol. The molecule has 12 aromatic rings. The summed E-state index contributed by atoms with van der Waals surface area (Å²) in [5, 5.41) is 0. The van der Waals surface area contributed by atoms with Gasteiger partial charge in [-0.25, -0.2) is 53.6 Å². The van der Waals surface area contributed by atoms with Gasteiger partial charge in [0.15, 0.2) is 11.6 Å². The third-order valence-electron chi connectivity index (χ3n) is 22.3. The molecule has 0 unspecified atom stereocenters. The van der Waals surface area contributed by atoms with Gasteiger partial charge < -0.3 is 48.6 Å². The Balaban J connectivity index is 0.000000129. The van der Waals surface area contributed by atoms with E-state index in [4.69, 9.17) is 35.6 Å². The van der Waals surface area contributed by atoms with Crippen molar-refractivity contribution in [1.82, 2.24) is 59.8 Å². The molecule has 6 aromatic carbocycles. The monoisotopic (exact) mass is 1530 g/mol. The van der Waals surface area contributed by atoms with Gasteiger partial charge >= 0.3 is 6.36 Å². The van der Waals surface area contributed by atoms with Crippen molar-refractivity contribution in [2.75, 3.05) is 75.3 Å². The summed E-state index contributed by atoms with van der Waals surface area (Å²) in [6.45, 7) is 11.0. The van der Waals surface area contributed by atoms with Crippen LogP contribution in [-0.4, -0.2) is 127 Å². The number of anilines is 3. The number of alkyl halides is 3. The molecule has 0 bridgehead atoms. The van der Waals surface area contributed by atoms with Gasteiger partial charge in [-0.15, -0.1) is 19.6 Å². The number of hydrogen-bond donors (Lipinski definition) is 3. The van der Waals surface area contributed by atoms with E-state index in [2.05, 4.69) is 119 Å². The highest BCUT2D eigenvalue weighted by Crippen LogP contribution is 2.44. The summed E-state index contributed by atoms with van der Waals surface area (Å²) in [7, 11) is 4.82. The highest BCUT2D eigenvalue weighted by atomic mass is 19.4. The average molecular weight is 1530 g/mol. The molecule has 6 aliphatic rings. The molecule has 0 radical (unpaired) electrons. The number of benzene rings is 6. The zero-order chi connectivity index (χ0) is 78.7. The average Bonchev–Trinajstić information content (AvgIpc) is 1.64. The Morgan fingerprint density at radius 3 is 1.18 bits per heavy atom. The molecule has 0 amide bonds. The highest BCUT2D eigenvalue weighted by Gasteiger charge is 2.35. The third-order valence-corrected chi connectivity index (χ3v) is 22.3. The minimum Gasteiger partial charge on any atom is -0.497 e. The second-order valence-corrected chi connectivity index (χ2v) is 29.4. The predicted molar refractivity (Wildman–Crippen MR) is 433 cm³/mol. The molecule has 24 heteroatoms. The molecule has 3 fully saturated rings. The summed E-state index contributed by atoms with van der Waals surface area (Å²) in [6.07, 6.45) is 20.3. The number of aryl methyl sites for hydroxylation is 3. The van der Waals surface area contributed by atoms with Crippen molar-refractivity contribution >= 4 is 52.4 Å². The summed E-state index contributed by atoms with van der Waals surface area (Å²) in [6, 6.07) is 41.8. The number of terminal acetylenes is 1. The highest BCUT2D eigenvalue weighted by molar-refractivity contribution is 5.93. The molecule has 114 heavy (non-hydrogen) atoms. The maximum Gasteiger partial charge on any atom is 0.573 e. The molecule has 0 saturated carbocycles. The zero-order valence-electron chi connectivity index (χ0n) is 64.0. The van der Waals surface area contributed by atoms with Crippen molar-refractivity contribution in [3.8, 4) is 69.1 Å². The van der Waals surface area contributed by atoms with E-state index in [1.54, 1.807) is 57.5 Å². The SMILES string of the molecule is C#Cc1ccc(C2=Cc3c(ncnc3N3CCC(c4nc(-c5ccc(OC)c(F)c5)c(C)[nH]4)CC3)C2)cc1.COc1cccc(C2=Cc3c(ncnc3N3CCC(c4nc(-c5cccc(F)c5)c(C)[nH]4)CC3)C2)c1.COc1cccc(C2=Cc3c(ncnc3N3CCC(c4nc(-c5cccc(OC(F)(F)F)c5)c(C)[nH]4)CC3)C2)c1. The topological polar surface area (TPSA) is 210 Å². The largest absolute Gasteiger partial charge is 0.573 e. The number of nitrogens with one attached hydrogen (secondary N) is 3. The Kier molecular flexibility index (Phi) is 21.5. The molecule has 0 atom stereocenters. The standard InChI is InChI=1S/C31H28FN5O.C30H28F3N5O2.C29H28FN5O/c1-4-20-5-7-21(8-6-20)24-15-25-27(17-24)33-18-34-31(25)37-13-11-22(12-14-37)30-35-19(2)29(36-30)23-9-10-28(38-3)26(32)16-23;1-18-27(21-6-4-8-24(14-21)40-30(31,32)33)37-28(36-18)19-9-11-38(12-10-19)29-25-15-22(16-26(25)34-17-35-29)20-5-3-7-23(13-20)39-2;1-18-27(21-6-3-7-23(30)13-21)34-28(33-18)19-9-11-35(12-10-19)29-25-15-22(16-26(25)31-17-32-29)20-5-4-8-24(14-20)36-2/h1,5-10,15-16,18,22H,11-14,17H2,2-3H3,(H,35,36);3-8,13-15,17,19H,9-12,16H2,1-2H3,(H,36,37);3-8,13-15,17,19H,9-12,16H2,1-2H3,(H,33,34). The van der Waals surface area contributed by atoms with E-state index in [1.807, 2.05) is 75.4 Å². The first kappa shape index (κ1) is 75.3. The zero-order valence-corrected chi connectivity index (χ0v) is 64.0. The van der Waals surface area contributed by atoms with Crippen molar-refractivity contribution < 1.29 is 40.9 Å². The first-order chi connectivity index (χ1) is 55.4. The maximum atomic E-state index is 14.3. The van der Waals surface area contributed by atoms with E-state index in [0.717, 1.165) is 239 Å². The van der Waals surface area contributed by atoms with Gasteiger partial charge in [-0.1, -0.05) is 66.6 Å². The van der Waals surface area contributed by atoms with Crippen LogP contribution in [-0.2, 0) is 19.3 Å². The number of imidazole rings is 3. The van der Waals surface area contributed by atoms with E-state index in [1.165, 1.54) is 54.2 Å². The van der Waals surface area contributed by atoms with Crippen molar-refractivity contribution in [3.05, 3.63) is 261 Å². The Bertz CT molecular complexity index is 5700. The Hall–Kier alpha value is -12.8. The molecular formula is C90H84F5N15O4. The second kappa shape index (κ2) is 32.5. The fraction of sp³-hybridized carbons (Fsp3) is 0.278. The van der Waals surface area contributed by atoms with Crippen LogP contribution in [0.25, 0.3) is 68.7 Å². The Morgan fingerprint density at radius 1 is 0.421 bits per heavy atom. The number of allylic oxidation sites excluding steroid dienone is 3. The molecule has 3 saturated heterocycles. The molecule has 19 nitrogen and oxygen atoms in total. The van der Waals surface area contributed by atoms with Gasteiger partial charge in [-0.05, 0) is 190 Å². The molecule has 3 N–H and O–H groups in total. The number of rotatable bonds is 16. The summed E-state index contributed by atoms with van der Waals surface area (Å²) in [5.74, 6) is 10.3. The predicted octanol–water partition coefficient (Wildman–Crippen LogP) is 18.2. The number of hydrogen-bond acceptors (Lipinski definition) is 16. The fourth-order valence-electron chi connectivity index (χ4n) is 16.3. The van der Waals surface area contributed by atoms with Crippen LogP contribution in [0, 0.1) is 44.7 Å². The van der Waals surface area contributed by atoms with Gasteiger partial charge in [0.2, 0.25) is 0 Å². The van der Waals surface area contributed by atoms with E-state index < -0.39 is 6.36 Å². The second-order valence-electron chi connectivity index (χ2n) is 29.4. The third kappa shape index (κ3) is 16.2. The quantitative estimate of drug-likeness (QED) is 0.0607. The number of piperidine rings is 3. The fourth-order valence-corrected chi connectivity index (χ4v) is 16.3. The molecule has 3 aliphatic carbocycles. The molecule has 18 rings (SSSR count). The van der Waals surface area contributed by atoms with Crippen LogP contribution in [0.15, 0.2) is 159 Å².